The van der Waals surface area contributed by atoms with E-state index in [2.05, 4.69) is 4.98 Å². The lowest BCUT2D eigenvalue weighted by atomic mass is 10.1. The van der Waals surface area contributed by atoms with Crippen LogP contribution in [0.25, 0.3) is 0 Å². The zero-order valence-corrected chi connectivity index (χ0v) is 7.10. The summed E-state index contributed by atoms with van der Waals surface area (Å²) >= 11 is 0. The first kappa shape index (κ1) is 9.54. The lowest BCUT2D eigenvalue weighted by Crippen LogP contribution is -2.25. The van der Waals surface area contributed by atoms with Crippen molar-refractivity contribution in [3.8, 4) is 0 Å². The molecule has 1 N–H and O–H groups in total. The number of pyridine rings is 1. The summed E-state index contributed by atoms with van der Waals surface area (Å²) in [5.41, 5.74) is 0.251. The molecule has 0 amide bonds. The van der Waals surface area contributed by atoms with E-state index in [0.29, 0.717) is 0 Å². The molecule has 0 aliphatic carbocycles. The van der Waals surface area contributed by atoms with Gasteiger partial charge in [0, 0.05) is 18.0 Å². The van der Waals surface area contributed by atoms with Gasteiger partial charge in [0.2, 0.25) is 11.6 Å². The summed E-state index contributed by atoms with van der Waals surface area (Å²) in [5.74, 6) is -1.48. The van der Waals surface area contributed by atoms with Gasteiger partial charge in [0.15, 0.2) is 0 Å². The monoisotopic (exact) mass is 179 g/mol. The topological polar surface area (TPSA) is 67.3 Å². The Labute approximate surface area is 75.2 Å². The molecule has 0 saturated carbocycles. The fourth-order valence-corrected chi connectivity index (χ4v) is 0.835. The highest BCUT2D eigenvalue weighted by atomic mass is 16.3. The van der Waals surface area contributed by atoms with E-state index in [-0.39, 0.29) is 5.56 Å². The van der Waals surface area contributed by atoms with E-state index in [1.165, 1.54) is 31.5 Å². The molecule has 0 radical (unpaired) electrons. The second-order valence-corrected chi connectivity index (χ2v) is 2.61. The molecule has 13 heavy (non-hydrogen) atoms. The number of carbonyl (C=O) groups excluding carboxylic acids is 2. The Kier molecular flexibility index (Phi) is 2.87. The van der Waals surface area contributed by atoms with Crippen LogP contribution in [0.1, 0.15) is 17.3 Å². The largest absolute Gasteiger partial charge is 0.385 e. The van der Waals surface area contributed by atoms with Crippen molar-refractivity contribution in [2.45, 2.75) is 13.0 Å². The summed E-state index contributed by atoms with van der Waals surface area (Å²) in [5, 5.41) is 8.87. The Hall–Kier alpha value is -1.55. The first-order valence-corrected chi connectivity index (χ1v) is 3.79. The molecule has 4 nitrogen and oxygen atoms in total. The molecule has 0 aliphatic heterocycles. The fraction of sp³-hybridized carbons (Fsp3) is 0.222. The molecule has 0 bridgehead atoms. The minimum atomic E-state index is -1.25. The first-order valence-electron chi connectivity index (χ1n) is 3.79. The van der Waals surface area contributed by atoms with Gasteiger partial charge in [-0.25, -0.2) is 0 Å². The standard InChI is InChI=1S/C9H9NO3/c1-6(11)8(12)9(13)7-2-4-10-5-3-7/h2-6,11H,1H3. The lowest BCUT2D eigenvalue weighted by molar-refractivity contribution is -0.121. The number of aliphatic hydroxyl groups excluding tert-OH is 1. The van der Waals surface area contributed by atoms with Gasteiger partial charge in [-0.05, 0) is 19.1 Å². The van der Waals surface area contributed by atoms with E-state index < -0.39 is 17.7 Å². The molecule has 0 aliphatic rings. The molecule has 0 spiro atoms. The molecule has 0 fully saturated rings. The SMILES string of the molecule is CC(O)C(=O)C(=O)c1ccncc1. The molecule has 1 aromatic rings. The van der Waals surface area contributed by atoms with Crippen LogP contribution in [0.2, 0.25) is 0 Å². The van der Waals surface area contributed by atoms with Crippen LogP contribution in [0.5, 0.6) is 0 Å². The van der Waals surface area contributed by atoms with Crippen LogP contribution >= 0.6 is 0 Å². The maximum Gasteiger partial charge on any atom is 0.231 e. The average Bonchev–Trinajstić information content (AvgIpc) is 2.17. The number of aliphatic hydroxyl groups is 1. The normalized spacial score (nSPS) is 12.2. The van der Waals surface area contributed by atoms with Crippen LogP contribution in [-0.4, -0.2) is 27.8 Å². The molecule has 1 unspecified atom stereocenters. The van der Waals surface area contributed by atoms with Crippen LogP contribution in [-0.2, 0) is 4.79 Å². The summed E-state index contributed by atoms with van der Waals surface area (Å²) < 4.78 is 0. The average molecular weight is 179 g/mol. The van der Waals surface area contributed by atoms with E-state index in [0.717, 1.165) is 0 Å². The Morgan fingerprint density at radius 1 is 1.38 bits per heavy atom. The smallest absolute Gasteiger partial charge is 0.231 e. The zero-order chi connectivity index (χ0) is 9.84. The molecule has 68 valence electrons. The second kappa shape index (κ2) is 3.91. The van der Waals surface area contributed by atoms with Gasteiger partial charge >= 0.3 is 0 Å². The zero-order valence-electron chi connectivity index (χ0n) is 7.10. The summed E-state index contributed by atoms with van der Waals surface area (Å²) in [7, 11) is 0. The molecule has 0 saturated heterocycles. The van der Waals surface area contributed by atoms with Gasteiger partial charge < -0.3 is 5.11 Å². The van der Waals surface area contributed by atoms with E-state index in [4.69, 9.17) is 5.11 Å². The van der Waals surface area contributed by atoms with Gasteiger partial charge in [-0.1, -0.05) is 0 Å². The highest BCUT2D eigenvalue weighted by molar-refractivity contribution is 6.44. The molecular formula is C9H9NO3. The fourth-order valence-electron chi connectivity index (χ4n) is 0.835. The van der Waals surface area contributed by atoms with Gasteiger partial charge in [0.25, 0.3) is 0 Å². The van der Waals surface area contributed by atoms with Gasteiger partial charge in [-0.3, -0.25) is 14.6 Å². The number of ketones is 2. The Morgan fingerprint density at radius 3 is 2.38 bits per heavy atom. The molecule has 0 aromatic carbocycles. The third kappa shape index (κ3) is 2.19. The summed E-state index contributed by atoms with van der Waals surface area (Å²) in [6, 6.07) is 2.87. The van der Waals surface area contributed by atoms with Crippen molar-refractivity contribution in [2.24, 2.45) is 0 Å². The van der Waals surface area contributed by atoms with Crippen molar-refractivity contribution >= 4 is 11.6 Å². The van der Waals surface area contributed by atoms with Crippen molar-refractivity contribution in [3.63, 3.8) is 0 Å². The van der Waals surface area contributed by atoms with E-state index in [1.807, 2.05) is 0 Å². The van der Waals surface area contributed by atoms with Crippen molar-refractivity contribution in [3.05, 3.63) is 30.1 Å². The van der Waals surface area contributed by atoms with Gasteiger partial charge in [0.1, 0.15) is 6.10 Å². The van der Waals surface area contributed by atoms with Crippen molar-refractivity contribution in [2.75, 3.05) is 0 Å². The van der Waals surface area contributed by atoms with Crippen molar-refractivity contribution in [1.82, 2.24) is 4.98 Å². The third-order valence-corrected chi connectivity index (χ3v) is 1.55. The van der Waals surface area contributed by atoms with Gasteiger partial charge in [-0.15, -0.1) is 0 Å². The number of carbonyl (C=O) groups is 2. The molecular weight excluding hydrogens is 170 g/mol. The number of hydrogen-bond acceptors (Lipinski definition) is 4. The molecule has 1 aromatic heterocycles. The quantitative estimate of drug-likeness (QED) is 0.532. The Morgan fingerprint density at radius 2 is 1.92 bits per heavy atom. The highest BCUT2D eigenvalue weighted by Crippen LogP contribution is 2.00. The maximum absolute atomic E-state index is 11.2. The predicted octanol–water partition coefficient (Wildman–Crippen LogP) is 0.214. The highest BCUT2D eigenvalue weighted by Gasteiger charge is 2.20. The number of aromatic nitrogens is 1. The summed E-state index contributed by atoms with van der Waals surface area (Å²) in [4.78, 5) is 26.0. The maximum atomic E-state index is 11.2. The lowest BCUT2D eigenvalue weighted by Gasteiger charge is -2.01. The van der Waals surface area contributed by atoms with Gasteiger partial charge in [0.05, 0.1) is 0 Å². The minimum absolute atomic E-state index is 0.251. The van der Waals surface area contributed by atoms with E-state index in [1.54, 1.807) is 0 Å². The number of hydrogen-bond donors (Lipinski definition) is 1. The van der Waals surface area contributed by atoms with Crippen LogP contribution in [0.15, 0.2) is 24.5 Å². The summed E-state index contributed by atoms with van der Waals surface area (Å²) in [6.07, 6.45) is 1.59. The Balaban J connectivity index is 2.87. The molecule has 1 rings (SSSR count). The molecule has 1 heterocycles. The third-order valence-electron chi connectivity index (χ3n) is 1.55. The van der Waals surface area contributed by atoms with Gasteiger partial charge in [-0.2, -0.15) is 0 Å². The van der Waals surface area contributed by atoms with E-state index in [9.17, 15) is 9.59 Å². The summed E-state index contributed by atoms with van der Waals surface area (Å²) in [6.45, 7) is 1.27. The number of rotatable bonds is 3. The van der Waals surface area contributed by atoms with Crippen molar-refractivity contribution < 1.29 is 14.7 Å². The van der Waals surface area contributed by atoms with Crippen LogP contribution in [0.4, 0.5) is 0 Å². The number of nitrogens with zero attached hydrogens (tertiary/aromatic N) is 1. The minimum Gasteiger partial charge on any atom is -0.385 e. The second-order valence-electron chi connectivity index (χ2n) is 2.61. The van der Waals surface area contributed by atoms with Crippen LogP contribution in [0, 0.1) is 0 Å². The molecule has 1 atom stereocenters. The van der Waals surface area contributed by atoms with E-state index >= 15 is 0 Å². The Bertz CT molecular complexity index is 319. The van der Waals surface area contributed by atoms with Crippen LogP contribution in [0.3, 0.4) is 0 Å². The van der Waals surface area contributed by atoms with Crippen molar-refractivity contribution in [1.29, 1.82) is 0 Å². The molecule has 4 heteroatoms. The first-order chi connectivity index (χ1) is 6.13. The number of Topliss-reactive ketones (excluding diaryl/α,β-unsaturated/α-hetero) is 2. The predicted molar refractivity (Wildman–Crippen MR) is 45.3 cm³/mol. The van der Waals surface area contributed by atoms with Crippen LogP contribution < -0.4 is 0 Å².